The molecule has 0 bridgehead atoms. The van der Waals surface area contributed by atoms with Gasteiger partial charge in [0.05, 0.1) is 10.9 Å². The van der Waals surface area contributed by atoms with Crippen molar-refractivity contribution in [2.24, 2.45) is 0 Å². The van der Waals surface area contributed by atoms with E-state index in [9.17, 15) is 14.4 Å². The fraction of sp³-hybridized carbons (Fsp3) is 0.333. The van der Waals surface area contributed by atoms with E-state index in [1.165, 1.54) is 4.57 Å². The predicted octanol–water partition coefficient (Wildman–Crippen LogP) is 2.69. The quantitative estimate of drug-likeness (QED) is 0.446. The second-order valence-corrected chi connectivity index (χ2v) is 8.33. The van der Waals surface area contributed by atoms with Gasteiger partial charge in [-0.15, -0.1) is 0 Å². The van der Waals surface area contributed by atoms with Crippen LogP contribution in [0, 0.1) is 4.77 Å². The standard InChI is InChI=1S/C24H26N4O4S/c1-32-15-5-10-28-23(31)19-9-8-18(16-20(19)25-24(28)33)22(30)27-13-11-26(12-14-27)21(29)17-6-3-2-4-7-17/h2-4,6-9,16H,5,10-15H2,1H3,(H,25,33). The van der Waals surface area contributed by atoms with Gasteiger partial charge in [0.1, 0.15) is 0 Å². The third-order valence-electron chi connectivity index (χ3n) is 5.83. The number of aromatic amines is 1. The number of benzene rings is 2. The minimum Gasteiger partial charge on any atom is -0.385 e. The monoisotopic (exact) mass is 466 g/mol. The van der Waals surface area contributed by atoms with Crippen molar-refractivity contribution < 1.29 is 14.3 Å². The van der Waals surface area contributed by atoms with E-state index in [-0.39, 0.29) is 17.4 Å². The Kier molecular flexibility index (Phi) is 7.00. The highest BCUT2D eigenvalue weighted by molar-refractivity contribution is 7.71. The highest BCUT2D eigenvalue weighted by atomic mass is 32.1. The van der Waals surface area contributed by atoms with Crippen LogP contribution in [0.15, 0.2) is 53.3 Å². The SMILES string of the molecule is COCCCn1c(=S)[nH]c2cc(C(=O)N3CCN(C(=O)c4ccccc4)CC3)ccc2c1=O. The van der Waals surface area contributed by atoms with E-state index < -0.39 is 0 Å². The topological polar surface area (TPSA) is 87.6 Å². The fourth-order valence-electron chi connectivity index (χ4n) is 4.02. The molecule has 4 rings (SSSR count). The Hall–Kier alpha value is -3.30. The Labute approximate surface area is 196 Å². The van der Waals surface area contributed by atoms with Crippen molar-refractivity contribution in [2.45, 2.75) is 13.0 Å². The van der Waals surface area contributed by atoms with Crippen LogP contribution in [0.5, 0.6) is 0 Å². The number of nitrogens with one attached hydrogen (secondary N) is 1. The normalized spacial score (nSPS) is 14.0. The molecular formula is C24H26N4O4S. The highest BCUT2D eigenvalue weighted by Gasteiger charge is 2.25. The number of hydrogen-bond donors (Lipinski definition) is 1. The number of ether oxygens (including phenoxy) is 1. The van der Waals surface area contributed by atoms with Crippen LogP contribution in [0.1, 0.15) is 27.1 Å². The molecule has 0 aliphatic carbocycles. The summed E-state index contributed by atoms with van der Waals surface area (Å²) in [6.07, 6.45) is 0.675. The van der Waals surface area contributed by atoms with Gasteiger partial charge in [0, 0.05) is 57.6 Å². The summed E-state index contributed by atoms with van der Waals surface area (Å²) in [7, 11) is 1.61. The van der Waals surface area contributed by atoms with Crippen LogP contribution in [0.2, 0.25) is 0 Å². The van der Waals surface area contributed by atoms with Gasteiger partial charge in [-0.25, -0.2) is 0 Å². The molecule has 0 atom stereocenters. The molecule has 0 unspecified atom stereocenters. The van der Waals surface area contributed by atoms with E-state index in [1.54, 1.807) is 47.2 Å². The van der Waals surface area contributed by atoms with Gasteiger partial charge in [0.25, 0.3) is 17.4 Å². The first kappa shape index (κ1) is 22.9. The molecule has 9 heteroatoms. The first-order chi connectivity index (χ1) is 16.0. The Bertz CT molecular complexity index is 1280. The van der Waals surface area contributed by atoms with Gasteiger partial charge in [-0.2, -0.15) is 0 Å². The molecule has 1 aliphatic rings. The molecule has 2 amide bonds. The van der Waals surface area contributed by atoms with Crippen molar-refractivity contribution in [3.63, 3.8) is 0 Å². The lowest BCUT2D eigenvalue weighted by Crippen LogP contribution is -2.50. The van der Waals surface area contributed by atoms with E-state index in [0.717, 1.165) is 0 Å². The first-order valence-electron chi connectivity index (χ1n) is 10.9. The van der Waals surface area contributed by atoms with E-state index in [0.29, 0.717) is 72.6 Å². The summed E-state index contributed by atoms with van der Waals surface area (Å²) in [4.78, 5) is 45.1. The van der Waals surface area contributed by atoms with Crippen molar-refractivity contribution in [1.82, 2.24) is 19.4 Å². The molecule has 1 N–H and O–H groups in total. The number of amides is 2. The van der Waals surface area contributed by atoms with Crippen molar-refractivity contribution in [3.05, 3.63) is 74.8 Å². The number of aromatic nitrogens is 2. The molecule has 2 aromatic carbocycles. The van der Waals surface area contributed by atoms with Gasteiger partial charge in [-0.1, -0.05) is 18.2 Å². The minimum absolute atomic E-state index is 0.0252. The Morgan fingerprint density at radius 1 is 0.970 bits per heavy atom. The van der Waals surface area contributed by atoms with Gasteiger partial charge in [0.15, 0.2) is 4.77 Å². The van der Waals surface area contributed by atoms with Crippen LogP contribution in [-0.4, -0.2) is 71.1 Å². The lowest BCUT2D eigenvalue weighted by molar-refractivity contribution is 0.0535. The molecular weight excluding hydrogens is 440 g/mol. The lowest BCUT2D eigenvalue weighted by atomic mass is 10.1. The Morgan fingerprint density at radius 3 is 2.24 bits per heavy atom. The minimum atomic E-state index is -0.183. The molecule has 33 heavy (non-hydrogen) atoms. The van der Waals surface area contributed by atoms with Crippen molar-refractivity contribution >= 4 is 34.9 Å². The molecule has 172 valence electrons. The molecule has 0 spiro atoms. The lowest BCUT2D eigenvalue weighted by Gasteiger charge is -2.35. The number of carbonyl (C=O) groups excluding carboxylic acids is 2. The summed E-state index contributed by atoms with van der Waals surface area (Å²) < 4.78 is 6.88. The maximum Gasteiger partial charge on any atom is 0.262 e. The Morgan fingerprint density at radius 2 is 1.61 bits per heavy atom. The second kappa shape index (κ2) is 10.1. The van der Waals surface area contributed by atoms with Gasteiger partial charge in [0.2, 0.25) is 0 Å². The van der Waals surface area contributed by atoms with E-state index >= 15 is 0 Å². The largest absolute Gasteiger partial charge is 0.385 e. The van der Waals surface area contributed by atoms with Gasteiger partial charge in [-0.3, -0.25) is 19.0 Å². The molecule has 3 aromatic rings. The molecule has 1 fully saturated rings. The van der Waals surface area contributed by atoms with Crippen LogP contribution < -0.4 is 5.56 Å². The van der Waals surface area contributed by atoms with E-state index in [1.807, 2.05) is 18.2 Å². The fourth-order valence-corrected chi connectivity index (χ4v) is 4.30. The molecule has 1 aromatic heterocycles. The number of hydrogen-bond acceptors (Lipinski definition) is 5. The number of fused-ring (bicyclic) bond motifs is 1. The van der Waals surface area contributed by atoms with Crippen molar-refractivity contribution in [1.29, 1.82) is 0 Å². The maximum absolute atomic E-state index is 13.1. The number of H-pyrrole nitrogens is 1. The van der Waals surface area contributed by atoms with Gasteiger partial charge in [-0.05, 0) is 49.0 Å². The van der Waals surface area contributed by atoms with Crippen LogP contribution in [0.25, 0.3) is 10.9 Å². The molecule has 2 heterocycles. The van der Waals surface area contributed by atoms with Gasteiger partial charge >= 0.3 is 0 Å². The number of rotatable bonds is 6. The zero-order valence-electron chi connectivity index (χ0n) is 18.5. The summed E-state index contributed by atoms with van der Waals surface area (Å²) in [5.74, 6) is -0.157. The molecule has 8 nitrogen and oxygen atoms in total. The predicted molar refractivity (Wildman–Crippen MR) is 128 cm³/mol. The average Bonchev–Trinajstić information content (AvgIpc) is 2.85. The van der Waals surface area contributed by atoms with Crippen LogP contribution in [-0.2, 0) is 11.3 Å². The molecule has 1 aliphatic heterocycles. The summed E-state index contributed by atoms with van der Waals surface area (Å²) in [6, 6.07) is 14.2. The molecule has 1 saturated heterocycles. The summed E-state index contributed by atoms with van der Waals surface area (Å²) in [6.45, 7) is 2.85. The second-order valence-electron chi connectivity index (χ2n) is 7.94. The van der Waals surface area contributed by atoms with Crippen LogP contribution in [0.3, 0.4) is 0 Å². The molecule has 0 radical (unpaired) electrons. The van der Waals surface area contributed by atoms with Crippen LogP contribution >= 0.6 is 12.2 Å². The number of methoxy groups -OCH3 is 1. The van der Waals surface area contributed by atoms with E-state index in [4.69, 9.17) is 17.0 Å². The summed E-state index contributed by atoms with van der Waals surface area (Å²) in [5, 5.41) is 0.482. The van der Waals surface area contributed by atoms with E-state index in [2.05, 4.69) is 4.98 Å². The van der Waals surface area contributed by atoms with Gasteiger partial charge < -0.3 is 19.5 Å². The smallest absolute Gasteiger partial charge is 0.262 e. The summed E-state index contributed by atoms with van der Waals surface area (Å²) in [5.41, 5.74) is 1.48. The first-order valence-corrected chi connectivity index (χ1v) is 11.3. The summed E-state index contributed by atoms with van der Waals surface area (Å²) >= 11 is 5.36. The molecule has 0 saturated carbocycles. The average molecular weight is 467 g/mol. The zero-order chi connectivity index (χ0) is 23.4. The maximum atomic E-state index is 13.1. The Balaban J connectivity index is 1.47. The highest BCUT2D eigenvalue weighted by Crippen LogP contribution is 2.15. The van der Waals surface area contributed by atoms with Crippen LogP contribution in [0.4, 0.5) is 0 Å². The third kappa shape index (κ3) is 4.89. The zero-order valence-corrected chi connectivity index (χ0v) is 19.3. The third-order valence-corrected chi connectivity index (χ3v) is 6.16. The number of carbonyl (C=O) groups is 2. The van der Waals surface area contributed by atoms with Crippen molar-refractivity contribution in [3.8, 4) is 0 Å². The number of nitrogens with zero attached hydrogens (tertiary/aromatic N) is 3. The number of piperazine rings is 1. The van der Waals surface area contributed by atoms with Crippen molar-refractivity contribution in [2.75, 3.05) is 39.9 Å².